The third-order valence-corrected chi connectivity index (χ3v) is 4.54. The number of rotatable bonds is 5. The van der Waals surface area contributed by atoms with Crippen LogP contribution < -0.4 is 14.8 Å². The Kier molecular flexibility index (Phi) is 4.76. The molecular weight excluding hydrogens is 352 g/mol. The van der Waals surface area contributed by atoms with Crippen molar-refractivity contribution in [3.63, 3.8) is 0 Å². The Hall–Kier alpha value is -3.67. The average molecular weight is 372 g/mol. The Morgan fingerprint density at radius 2 is 1.61 bits per heavy atom. The van der Waals surface area contributed by atoms with Gasteiger partial charge >= 0.3 is 0 Å². The van der Waals surface area contributed by atoms with E-state index in [1.807, 2.05) is 49.5 Å². The molecule has 0 spiro atoms. The highest BCUT2D eigenvalue weighted by molar-refractivity contribution is 5.94. The van der Waals surface area contributed by atoms with Crippen molar-refractivity contribution in [3.8, 4) is 34.0 Å². The molecule has 28 heavy (non-hydrogen) atoms. The van der Waals surface area contributed by atoms with E-state index in [4.69, 9.17) is 14.5 Å². The van der Waals surface area contributed by atoms with Crippen LogP contribution in [0.1, 0.15) is 0 Å². The number of benzene rings is 2. The average Bonchev–Trinajstić information content (AvgIpc) is 2.78. The summed E-state index contributed by atoms with van der Waals surface area (Å²) in [4.78, 5) is 13.6. The molecule has 2 heterocycles. The van der Waals surface area contributed by atoms with Crippen LogP contribution in [0, 0.1) is 0 Å². The summed E-state index contributed by atoms with van der Waals surface area (Å²) in [6, 6.07) is 15.7. The molecule has 2 aromatic heterocycles. The number of fused-ring (bicyclic) bond motifs is 1. The minimum absolute atomic E-state index is 0.640. The fraction of sp³-hybridized carbons (Fsp3) is 0.136. The number of nitrogens with one attached hydrogen (secondary N) is 1. The second-order valence-electron chi connectivity index (χ2n) is 6.22. The summed E-state index contributed by atoms with van der Waals surface area (Å²) < 4.78 is 10.8. The Morgan fingerprint density at radius 3 is 2.25 bits per heavy atom. The molecule has 2 aromatic carbocycles. The maximum absolute atomic E-state index is 5.39. The number of anilines is 1. The summed E-state index contributed by atoms with van der Waals surface area (Å²) in [6.07, 6.45) is 3.50. The van der Waals surface area contributed by atoms with Gasteiger partial charge in [0.25, 0.3) is 0 Å². The molecule has 0 aliphatic carbocycles. The molecule has 4 rings (SSSR count). The second-order valence-corrected chi connectivity index (χ2v) is 6.22. The van der Waals surface area contributed by atoms with Crippen LogP contribution in [0.3, 0.4) is 0 Å². The van der Waals surface area contributed by atoms with E-state index < -0.39 is 0 Å². The smallest absolute Gasteiger partial charge is 0.163 e. The molecule has 0 fully saturated rings. The lowest BCUT2D eigenvalue weighted by atomic mass is 10.0. The number of aromatic nitrogens is 3. The van der Waals surface area contributed by atoms with Gasteiger partial charge in [-0.15, -0.1) is 0 Å². The van der Waals surface area contributed by atoms with Crippen molar-refractivity contribution in [1.82, 2.24) is 15.0 Å². The van der Waals surface area contributed by atoms with Gasteiger partial charge in [0.15, 0.2) is 5.82 Å². The van der Waals surface area contributed by atoms with Crippen LogP contribution in [0.25, 0.3) is 33.4 Å². The molecule has 0 aliphatic heterocycles. The van der Waals surface area contributed by atoms with Gasteiger partial charge < -0.3 is 14.8 Å². The number of hydrogen-bond acceptors (Lipinski definition) is 6. The number of methoxy groups -OCH3 is 2. The zero-order valence-corrected chi connectivity index (χ0v) is 15.9. The van der Waals surface area contributed by atoms with E-state index in [0.29, 0.717) is 5.82 Å². The molecule has 140 valence electrons. The summed E-state index contributed by atoms with van der Waals surface area (Å²) in [5, 5.41) is 4.12. The predicted octanol–water partition coefficient (Wildman–Crippen LogP) is 4.42. The maximum atomic E-state index is 5.39. The van der Waals surface area contributed by atoms with Crippen LogP contribution >= 0.6 is 0 Å². The Bertz CT molecular complexity index is 1110. The monoisotopic (exact) mass is 372 g/mol. The predicted molar refractivity (Wildman–Crippen MR) is 111 cm³/mol. The third-order valence-electron chi connectivity index (χ3n) is 4.54. The minimum Gasteiger partial charge on any atom is -0.497 e. The van der Waals surface area contributed by atoms with E-state index in [1.165, 1.54) is 0 Å². The molecule has 4 aromatic rings. The van der Waals surface area contributed by atoms with Crippen molar-refractivity contribution < 1.29 is 9.47 Å². The molecule has 0 atom stereocenters. The summed E-state index contributed by atoms with van der Waals surface area (Å²) in [5.41, 5.74) is 3.76. The van der Waals surface area contributed by atoms with Crippen molar-refractivity contribution in [2.45, 2.75) is 0 Å². The molecule has 0 aliphatic rings. The van der Waals surface area contributed by atoms with Gasteiger partial charge in [-0.25, -0.2) is 9.97 Å². The van der Waals surface area contributed by atoms with E-state index in [1.54, 1.807) is 26.6 Å². The lowest BCUT2D eigenvalue weighted by Gasteiger charge is -2.12. The van der Waals surface area contributed by atoms with Gasteiger partial charge in [0.1, 0.15) is 17.3 Å². The van der Waals surface area contributed by atoms with Gasteiger partial charge in [0, 0.05) is 36.5 Å². The van der Waals surface area contributed by atoms with E-state index in [2.05, 4.69) is 21.4 Å². The summed E-state index contributed by atoms with van der Waals surface area (Å²) in [7, 11) is 5.15. The van der Waals surface area contributed by atoms with E-state index in [0.717, 1.165) is 44.9 Å². The molecule has 0 bridgehead atoms. The fourth-order valence-electron chi connectivity index (χ4n) is 3.10. The van der Waals surface area contributed by atoms with Crippen molar-refractivity contribution in [2.24, 2.45) is 0 Å². The van der Waals surface area contributed by atoms with Crippen molar-refractivity contribution in [1.29, 1.82) is 0 Å². The lowest BCUT2D eigenvalue weighted by molar-refractivity contribution is 0.394. The largest absolute Gasteiger partial charge is 0.497 e. The molecule has 0 unspecified atom stereocenters. The molecule has 6 heteroatoms. The van der Waals surface area contributed by atoms with Crippen LogP contribution in [0.4, 0.5) is 5.82 Å². The maximum Gasteiger partial charge on any atom is 0.163 e. The minimum atomic E-state index is 0.640. The molecule has 0 radical (unpaired) electrons. The van der Waals surface area contributed by atoms with Crippen LogP contribution in [0.15, 0.2) is 60.9 Å². The number of ether oxygens (including phenoxy) is 2. The fourth-order valence-corrected chi connectivity index (χ4v) is 3.10. The number of nitrogens with zero attached hydrogens (tertiary/aromatic N) is 3. The van der Waals surface area contributed by atoms with Crippen LogP contribution in [0.5, 0.6) is 11.5 Å². The van der Waals surface area contributed by atoms with Crippen molar-refractivity contribution >= 4 is 16.7 Å². The summed E-state index contributed by atoms with van der Waals surface area (Å²) >= 11 is 0. The van der Waals surface area contributed by atoms with E-state index in [-0.39, 0.29) is 0 Å². The highest BCUT2D eigenvalue weighted by Gasteiger charge is 2.11. The zero-order chi connectivity index (χ0) is 19.5. The van der Waals surface area contributed by atoms with Gasteiger partial charge in [0.05, 0.1) is 19.7 Å². The van der Waals surface area contributed by atoms with Crippen LogP contribution in [-0.4, -0.2) is 36.2 Å². The van der Waals surface area contributed by atoms with E-state index in [9.17, 15) is 0 Å². The van der Waals surface area contributed by atoms with Crippen molar-refractivity contribution in [2.75, 3.05) is 26.6 Å². The molecule has 0 amide bonds. The number of hydrogen-bond donors (Lipinski definition) is 1. The lowest BCUT2D eigenvalue weighted by Crippen LogP contribution is -1.99. The van der Waals surface area contributed by atoms with Crippen LogP contribution in [-0.2, 0) is 0 Å². The quantitative estimate of drug-likeness (QED) is 0.559. The van der Waals surface area contributed by atoms with Gasteiger partial charge in [-0.3, -0.25) is 4.98 Å². The van der Waals surface area contributed by atoms with Gasteiger partial charge in [-0.05, 0) is 47.5 Å². The first kappa shape index (κ1) is 17.7. The zero-order valence-electron chi connectivity index (χ0n) is 15.9. The standard InChI is InChI=1S/C22H20N4O2/c1-23-22-19-11-14(16-9-17(27-2)12-18(10-16)28-3)6-7-20(19)25-21(26-22)15-5-4-8-24-13-15/h4-13H,1-3H3,(H,23,25,26). The first-order valence-corrected chi connectivity index (χ1v) is 8.85. The Labute approximate surface area is 163 Å². The SMILES string of the molecule is CNc1nc(-c2cccnc2)nc2ccc(-c3cc(OC)cc(OC)c3)cc12. The highest BCUT2D eigenvalue weighted by Crippen LogP contribution is 2.33. The van der Waals surface area contributed by atoms with Crippen LogP contribution in [0.2, 0.25) is 0 Å². The van der Waals surface area contributed by atoms with E-state index >= 15 is 0 Å². The molecular formula is C22H20N4O2. The molecule has 0 saturated heterocycles. The Morgan fingerprint density at radius 1 is 0.821 bits per heavy atom. The summed E-state index contributed by atoms with van der Waals surface area (Å²) in [5.74, 6) is 2.89. The molecule has 0 saturated carbocycles. The highest BCUT2D eigenvalue weighted by atomic mass is 16.5. The topological polar surface area (TPSA) is 69.2 Å². The third kappa shape index (κ3) is 3.32. The van der Waals surface area contributed by atoms with Gasteiger partial charge in [-0.1, -0.05) is 6.07 Å². The Balaban J connectivity index is 1.86. The number of pyridine rings is 1. The molecule has 1 N–H and O–H groups in total. The first-order valence-electron chi connectivity index (χ1n) is 8.85. The van der Waals surface area contributed by atoms with Gasteiger partial charge in [0.2, 0.25) is 0 Å². The second kappa shape index (κ2) is 7.52. The normalized spacial score (nSPS) is 10.7. The summed E-state index contributed by atoms with van der Waals surface area (Å²) in [6.45, 7) is 0. The molecule has 6 nitrogen and oxygen atoms in total. The van der Waals surface area contributed by atoms with Gasteiger partial charge in [-0.2, -0.15) is 0 Å². The first-order chi connectivity index (χ1) is 13.7. The van der Waals surface area contributed by atoms with Crippen molar-refractivity contribution in [3.05, 3.63) is 60.9 Å².